The molecule has 0 saturated carbocycles. The lowest BCUT2D eigenvalue weighted by Crippen LogP contribution is -2.32. The van der Waals surface area contributed by atoms with Gasteiger partial charge >= 0.3 is 0 Å². The van der Waals surface area contributed by atoms with E-state index in [0.717, 1.165) is 17.1 Å². The minimum atomic E-state index is -0.0967. The summed E-state index contributed by atoms with van der Waals surface area (Å²) >= 11 is 5.55. The molecule has 132 valence electrons. The number of aliphatic hydroxyl groups excluding tert-OH is 1. The minimum absolute atomic E-state index is 0.0286. The second-order valence-corrected chi connectivity index (χ2v) is 6.44. The molecule has 1 aliphatic rings. The van der Waals surface area contributed by atoms with Gasteiger partial charge in [0.1, 0.15) is 0 Å². The second kappa shape index (κ2) is 7.23. The Labute approximate surface area is 157 Å². The van der Waals surface area contributed by atoms with Crippen molar-refractivity contribution in [3.8, 4) is 5.69 Å². The Morgan fingerprint density at radius 1 is 1.12 bits per heavy atom. The third kappa shape index (κ3) is 2.95. The van der Waals surface area contributed by atoms with E-state index in [4.69, 9.17) is 12.2 Å². The molecule has 0 amide bonds. The Hall–Kier alpha value is -2.77. The van der Waals surface area contributed by atoms with Crippen LogP contribution in [-0.4, -0.2) is 42.8 Å². The number of nitrogens with one attached hydrogen (secondary N) is 1. The molecule has 3 aromatic heterocycles. The Morgan fingerprint density at radius 3 is 2.77 bits per heavy atom. The van der Waals surface area contributed by atoms with Gasteiger partial charge in [-0.05, 0) is 48.6 Å². The highest BCUT2D eigenvalue weighted by molar-refractivity contribution is 7.80. The number of β-amino-alcohol motifs (C(OH)–C–C–N with tert-alkyl or cyclic N) is 1. The van der Waals surface area contributed by atoms with Crippen LogP contribution >= 0.6 is 12.2 Å². The number of nitrogens with zero attached hydrogens (tertiary/aromatic N) is 4. The van der Waals surface area contributed by atoms with Crippen molar-refractivity contribution >= 4 is 17.3 Å². The van der Waals surface area contributed by atoms with E-state index in [1.54, 1.807) is 12.4 Å². The molecule has 4 rings (SSSR count). The fourth-order valence-corrected chi connectivity index (χ4v) is 3.77. The lowest BCUT2D eigenvalue weighted by Gasteiger charge is -2.28. The summed E-state index contributed by atoms with van der Waals surface area (Å²) in [6.45, 7) is 0.485. The Balaban J connectivity index is 1.81. The van der Waals surface area contributed by atoms with Crippen molar-refractivity contribution in [3.05, 3.63) is 78.6 Å². The summed E-state index contributed by atoms with van der Waals surface area (Å²) < 4.78 is 2.10. The summed E-state index contributed by atoms with van der Waals surface area (Å²) in [6, 6.07) is 13.7. The first kappa shape index (κ1) is 16.7. The van der Waals surface area contributed by atoms with E-state index in [9.17, 15) is 5.11 Å². The average Bonchev–Trinajstić information content (AvgIpc) is 3.28. The van der Waals surface area contributed by atoms with Crippen LogP contribution < -0.4 is 5.32 Å². The van der Waals surface area contributed by atoms with Gasteiger partial charge in [0.25, 0.3) is 0 Å². The predicted octanol–water partition coefficient (Wildman–Crippen LogP) is 2.23. The van der Waals surface area contributed by atoms with Crippen molar-refractivity contribution in [2.75, 3.05) is 13.2 Å². The highest BCUT2D eigenvalue weighted by atomic mass is 32.1. The zero-order chi connectivity index (χ0) is 17.9. The summed E-state index contributed by atoms with van der Waals surface area (Å²) in [4.78, 5) is 10.8. The first-order valence-corrected chi connectivity index (χ1v) is 8.87. The number of aromatic nitrogens is 3. The molecule has 0 aromatic carbocycles. The Bertz CT molecular complexity index is 883. The van der Waals surface area contributed by atoms with E-state index in [1.807, 2.05) is 53.7 Å². The maximum atomic E-state index is 9.54. The van der Waals surface area contributed by atoms with E-state index in [2.05, 4.69) is 25.9 Å². The quantitative estimate of drug-likeness (QED) is 0.676. The Kier molecular flexibility index (Phi) is 4.64. The SMILES string of the molecule is OCCN1C(=S)N[C@@H](c2ccccn2)[C@@H]1c1cccn1-c1cccnc1. The zero-order valence-corrected chi connectivity index (χ0v) is 14.9. The molecule has 7 heteroatoms. The van der Waals surface area contributed by atoms with E-state index in [0.29, 0.717) is 11.7 Å². The van der Waals surface area contributed by atoms with Crippen LogP contribution in [-0.2, 0) is 0 Å². The van der Waals surface area contributed by atoms with Gasteiger partial charge in [-0.15, -0.1) is 0 Å². The molecule has 1 fully saturated rings. The third-order valence-corrected chi connectivity index (χ3v) is 4.90. The maximum Gasteiger partial charge on any atom is 0.170 e. The van der Waals surface area contributed by atoms with Crippen LogP contribution in [0.3, 0.4) is 0 Å². The largest absolute Gasteiger partial charge is 0.395 e. The number of hydrogen-bond donors (Lipinski definition) is 2. The molecular weight excluding hydrogens is 346 g/mol. The van der Waals surface area contributed by atoms with Crippen LogP contribution in [0.25, 0.3) is 5.69 Å². The summed E-state index contributed by atoms with van der Waals surface area (Å²) in [7, 11) is 0. The van der Waals surface area contributed by atoms with Crippen LogP contribution in [0.5, 0.6) is 0 Å². The van der Waals surface area contributed by atoms with Crippen molar-refractivity contribution in [3.63, 3.8) is 0 Å². The first-order chi connectivity index (χ1) is 12.8. The molecule has 0 radical (unpaired) electrons. The third-order valence-electron chi connectivity index (χ3n) is 4.55. The molecule has 0 aliphatic carbocycles. The fraction of sp³-hybridized carbons (Fsp3) is 0.211. The topological polar surface area (TPSA) is 66.2 Å². The highest BCUT2D eigenvalue weighted by Crippen LogP contribution is 2.39. The van der Waals surface area contributed by atoms with Crippen LogP contribution in [0.15, 0.2) is 67.3 Å². The van der Waals surface area contributed by atoms with Gasteiger partial charge in [-0.1, -0.05) is 6.07 Å². The molecule has 6 nitrogen and oxygen atoms in total. The molecule has 26 heavy (non-hydrogen) atoms. The molecule has 0 unspecified atom stereocenters. The smallest absolute Gasteiger partial charge is 0.170 e. The van der Waals surface area contributed by atoms with Crippen molar-refractivity contribution in [1.29, 1.82) is 0 Å². The maximum absolute atomic E-state index is 9.54. The lowest BCUT2D eigenvalue weighted by atomic mass is 10.0. The number of rotatable bonds is 5. The summed E-state index contributed by atoms with van der Waals surface area (Å²) in [5.74, 6) is 0. The molecule has 1 saturated heterocycles. The van der Waals surface area contributed by atoms with Crippen molar-refractivity contribution in [1.82, 2.24) is 24.8 Å². The van der Waals surface area contributed by atoms with E-state index in [1.165, 1.54) is 0 Å². The molecule has 2 atom stereocenters. The van der Waals surface area contributed by atoms with Gasteiger partial charge < -0.3 is 19.9 Å². The summed E-state index contributed by atoms with van der Waals surface area (Å²) in [6.07, 6.45) is 7.39. The zero-order valence-electron chi connectivity index (χ0n) is 14.1. The van der Waals surface area contributed by atoms with E-state index in [-0.39, 0.29) is 18.7 Å². The predicted molar refractivity (Wildman–Crippen MR) is 103 cm³/mol. The highest BCUT2D eigenvalue weighted by Gasteiger charge is 2.40. The minimum Gasteiger partial charge on any atom is -0.395 e. The van der Waals surface area contributed by atoms with Gasteiger partial charge in [-0.25, -0.2) is 0 Å². The molecule has 1 aliphatic heterocycles. The van der Waals surface area contributed by atoms with Crippen LogP contribution in [0.2, 0.25) is 0 Å². The summed E-state index contributed by atoms with van der Waals surface area (Å²) in [5.41, 5.74) is 2.96. The van der Waals surface area contributed by atoms with Gasteiger partial charge in [-0.3, -0.25) is 9.97 Å². The van der Waals surface area contributed by atoms with Crippen molar-refractivity contribution in [2.24, 2.45) is 0 Å². The lowest BCUT2D eigenvalue weighted by molar-refractivity contribution is 0.220. The molecule has 0 spiro atoms. The van der Waals surface area contributed by atoms with E-state index >= 15 is 0 Å². The van der Waals surface area contributed by atoms with Crippen molar-refractivity contribution in [2.45, 2.75) is 12.1 Å². The number of hydrogen-bond acceptors (Lipinski definition) is 4. The second-order valence-electron chi connectivity index (χ2n) is 6.06. The standard InChI is InChI=1S/C19H19N5OS/c25-12-11-24-18(17(22-19(24)26)15-6-1-2-9-21-15)16-7-4-10-23(16)14-5-3-8-20-13-14/h1-10,13,17-18,25H,11-12H2,(H,22,26)/t17-,18-/m0/s1. The van der Waals surface area contributed by atoms with Gasteiger partial charge in [-0.2, -0.15) is 0 Å². The monoisotopic (exact) mass is 365 g/mol. The summed E-state index contributed by atoms with van der Waals surface area (Å²) in [5, 5.41) is 13.5. The average molecular weight is 365 g/mol. The van der Waals surface area contributed by atoms with Gasteiger partial charge in [0.05, 0.1) is 36.3 Å². The number of aliphatic hydroxyl groups is 1. The molecule has 2 N–H and O–H groups in total. The van der Waals surface area contributed by atoms with Gasteiger partial charge in [0, 0.05) is 30.8 Å². The molecule has 4 heterocycles. The molecular formula is C19H19N5OS. The Morgan fingerprint density at radius 2 is 2.04 bits per heavy atom. The van der Waals surface area contributed by atoms with Crippen LogP contribution in [0, 0.1) is 0 Å². The molecule has 0 bridgehead atoms. The van der Waals surface area contributed by atoms with Gasteiger partial charge in [0.15, 0.2) is 5.11 Å². The number of thiocarbonyl (C=S) groups is 1. The van der Waals surface area contributed by atoms with E-state index < -0.39 is 0 Å². The first-order valence-electron chi connectivity index (χ1n) is 8.46. The van der Waals surface area contributed by atoms with Crippen LogP contribution in [0.4, 0.5) is 0 Å². The fourth-order valence-electron chi connectivity index (χ4n) is 3.44. The number of pyridine rings is 2. The van der Waals surface area contributed by atoms with Gasteiger partial charge in [0.2, 0.25) is 0 Å². The normalized spacial score (nSPS) is 19.6. The van der Waals surface area contributed by atoms with Crippen molar-refractivity contribution < 1.29 is 5.11 Å². The molecule has 3 aromatic rings. The van der Waals surface area contributed by atoms with Crippen LogP contribution in [0.1, 0.15) is 23.5 Å².